The second kappa shape index (κ2) is 10.4. The largest absolute Gasteiger partial charge is 0.384 e. The standard InChI is InChI=1S/C21H34N6O5/c1-15(2)12-27-19(22)18(20(30)23(3)21(27)31)16(28)13-24-4-6-26(7-5-24)17(29)14-25-8-10-32-11-9-25/h15H,4-14,22H2,1-3H3. The molecule has 1 aromatic heterocycles. The van der Waals surface area contributed by atoms with Gasteiger partial charge in [-0.2, -0.15) is 0 Å². The van der Waals surface area contributed by atoms with Gasteiger partial charge < -0.3 is 15.4 Å². The highest BCUT2D eigenvalue weighted by Gasteiger charge is 2.27. The Hall–Kier alpha value is -2.50. The third kappa shape index (κ3) is 5.45. The van der Waals surface area contributed by atoms with Crippen molar-refractivity contribution in [2.75, 3.05) is 71.3 Å². The normalized spacial score (nSPS) is 18.3. The molecule has 3 heterocycles. The summed E-state index contributed by atoms with van der Waals surface area (Å²) in [6.07, 6.45) is 0. The van der Waals surface area contributed by atoms with Crippen molar-refractivity contribution >= 4 is 17.5 Å². The molecule has 0 spiro atoms. The SMILES string of the molecule is CC(C)Cn1c(N)c(C(=O)CN2CCN(C(=O)CN3CCOCC3)CC2)c(=O)n(C)c1=O. The number of piperazine rings is 1. The molecule has 2 N–H and O–H groups in total. The summed E-state index contributed by atoms with van der Waals surface area (Å²) in [5.41, 5.74) is 4.77. The van der Waals surface area contributed by atoms with Crippen LogP contribution in [0, 0.1) is 5.92 Å². The number of ether oxygens (including phenoxy) is 1. The number of ketones is 1. The van der Waals surface area contributed by atoms with E-state index < -0.39 is 17.0 Å². The second-order valence-corrected chi connectivity index (χ2v) is 8.88. The van der Waals surface area contributed by atoms with Gasteiger partial charge in [-0.3, -0.25) is 33.3 Å². The maximum absolute atomic E-state index is 13.0. The van der Waals surface area contributed by atoms with Gasteiger partial charge in [0, 0.05) is 52.9 Å². The van der Waals surface area contributed by atoms with Crippen molar-refractivity contribution in [2.24, 2.45) is 13.0 Å². The zero-order valence-electron chi connectivity index (χ0n) is 19.2. The predicted octanol–water partition coefficient (Wildman–Crippen LogP) is -1.56. The van der Waals surface area contributed by atoms with Crippen LogP contribution in [-0.4, -0.2) is 101 Å². The number of nitrogens with zero attached hydrogens (tertiary/aromatic N) is 5. The van der Waals surface area contributed by atoms with E-state index in [-0.39, 0.29) is 29.8 Å². The minimum atomic E-state index is -0.670. The highest BCUT2D eigenvalue weighted by Crippen LogP contribution is 2.11. The van der Waals surface area contributed by atoms with Gasteiger partial charge >= 0.3 is 5.69 Å². The lowest BCUT2D eigenvalue weighted by Crippen LogP contribution is -2.53. The number of hydrogen-bond donors (Lipinski definition) is 1. The van der Waals surface area contributed by atoms with Crippen molar-refractivity contribution in [1.82, 2.24) is 23.8 Å². The zero-order valence-corrected chi connectivity index (χ0v) is 19.2. The Morgan fingerprint density at radius 1 is 0.969 bits per heavy atom. The number of amides is 1. The molecule has 0 aliphatic carbocycles. The lowest BCUT2D eigenvalue weighted by Gasteiger charge is -2.36. The fraction of sp³-hybridized carbons (Fsp3) is 0.714. The Kier molecular flexibility index (Phi) is 7.86. The number of morpholine rings is 1. The van der Waals surface area contributed by atoms with E-state index in [2.05, 4.69) is 4.90 Å². The number of rotatable bonds is 7. The van der Waals surface area contributed by atoms with Gasteiger partial charge in [0.1, 0.15) is 11.4 Å². The third-order valence-electron chi connectivity index (χ3n) is 5.96. The summed E-state index contributed by atoms with van der Waals surface area (Å²) in [5.74, 6) is -0.278. The molecule has 2 aliphatic rings. The van der Waals surface area contributed by atoms with E-state index >= 15 is 0 Å². The summed E-state index contributed by atoms with van der Waals surface area (Å²) < 4.78 is 7.55. The van der Waals surface area contributed by atoms with Gasteiger partial charge in [0.2, 0.25) is 5.91 Å². The quantitative estimate of drug-likeness (QED) is 0.495. The number of carbonyl (C=O) groups excluding carboxylic acids is 2. The maximum Gasteiger partial charge on any atom is 0.332 e. The van der Waals surface area contributed by atoms with Gasteiger partial charge in [0.05, 0.1) is 26.3 Å². The Morgan fingerprint density at radius 2 is 1.56 bits per heavy atom. The van der Waals surface area contributed by atoms with Gasteiger partial charge in [-0.1, -0.05) is 13.8 Å². The molecule has 2 aliphatic heterocycles. The molecule has 11 heteroatoms. The van der Waals surface area contributed by atoms with Crippen LogP contribution in [0.15, 0.2) is 9.59 Å². The van der Waals surface area contributed by atoms with E-state index in [9.17, 15) is 19.2 Å². The summed E-state index contributed by atoms with van der Waals surface area (Å²) >= 11 is 0. The lowest BCUT2D eigenvalue weighted by atomic mass is 10.1. The van der Waals surface area contributed by atoms with Crippen LogP contribution in [0.3, 0.4) is 0 Å². The Bertz CT molecular complexity index is 955. The topological polar surface area (TPSA) is 123 Å². The Balaban J connectivity index is 1.62. The van der Waals surface area contributed by atoms with Crippen molar-refractivity contribution in [1.29, 1.82) is 0 Å². The maximum atomic E-state index is 13.0. The third-order valence-corrected chi connectivity index (χ3v) is 5.96. The van der Waals surface area contributed by atoms with Gasteiger partial charge in [-0.25, -0.2) is 4.79 Å². The number of aromatic nitrogens is 2. The molecular formula is C21H34N6O5. The molecule has 32 heavy (non-hydrogen) atoms. The number of Topliss-reactive ketones (excluding diaryl/α,β-unsaturated/α-hetero) is 1. The van der Waals surface area contributed by atoms with Crippen LogP contribution in [0.2, 0.25) is 0 Å². The number of carbonyl (C=O) groups is 2. The van der Waals surface area contributed by atoms with Crippen molar-refractivity contribution in [3.63, 3.8) is 0 Å². The smallest absolute Gasteiger partial charge is 0.332 e. The van der Waals surface area contributed by atoms with Crippen molar-refractivity contribution in [3.05, 3.63) is 26.4 Å². The molecule has 1 aromatic rings. The molecule has 0 radical (unpaired) electrons. The molecule has 0 unspecified atom stereocenters. The molecule has 0 saturated carbocycles. The summed E-state index contributed by atoms with van der Waals surface area (Å²) in [6.45, 7) is 9.51. The molecule has 2 saturated heterocycles. The zero-order chi connectivity index (χ0) is 23.4. The van der Waals surface area contributed by atoms with E-state index in [0.29, 0.717) is 52.5 Å². The minimum Gasteiger partial charge on any atom is -0.384 e. The average molecular weight is 451 g/mol. The molecule has 178 valence electrons. The first-order chi connectivity index (χ1) is 15.2. The van der Waals surface area contributed by atoms with Gasteiger partial charge in [-0.05, 0) is 5.92 Å². The molecule has 11 nitrogen and oxygen atoms in total. The fourth-order valence-corrected chi connectivity index (χ4v) is 4.07. The van der Waals surface area contributed by atoms with E-state index in [4.69, 9.17) is 10.5 Å². The highest BCUT2D eigenvalue weighted by molar-refractivity contribution is 6.01. The summed E-state index contributed by atoms with van der Waals surface area (Å²) in [7, 11) is 1.36. The second-order valence-electron chi connectivity index (χ2n) is 8.88. The lowest BCUT2D eigenvalue weighted by molar-refractivity contribution is -0.135. The number of nitrogens with two attached hydrogens (primary N) is 1. The molecule has 1 amide bonds. The number of anilines is 1. The molecule has 0 bridgehead atoms. The predicted molar refractivity (Wildman–Crippen MR) is 120 cm³/mol. The van der Waals surface area contributed by atoms with Crippen LogP contribution >= 0.6 is 0 Å². The van der Waals surface area contributed by atoms with Crippen LogP contribution in [0.25, 0.3) is 0 Å². The van der Waals surface area contributed by atoms with Crippen molar-refractivity contribution in [3.8, 4) is 0 Å². The van der Waals surface area contributed by atoms with Crippen molar-refractivity contribution in [2.45, 2.75) is 20.4 Å². The first-order valence-electron chi connectivity index (χ1n) is 11.1. The number of hydrogen-bond acceptors (Lipinski definition) is 8. The van der Waals surface area contributed by atoms with Crippen LogP contribution in [-0.2, 0) is 23.1 Å². The van der Waals surface area contributed by atoms with E-state index in [1.54, 1.807) is 0 Å². The minimum absolute atomic E-state index is 0.0187. The number of nitrogen functional groups attached to an aromatic ring is 1. The molecule has 0 atom stereocenters. The van der Waals surface area contributed by atoms with E-state index in [0.717, 1.165) is 17.7 Å². The molecule has 2 fully saturated rings. The molecular weight excluding hydrogens is 416 g/mol. The first-order valence-corrected chi connectivity index (χ1v) is 11.1. The molecule has 0 aromatic carbocycles. The van der Waals surface area contributed by atoms with Crippen LogP contribution in [0.4, 0.5) is 5.82 Å². The summed E-state index contributed by atoms with van der Waals surface area (Å²) in [5, 5.41) is 0. The van der Waals surface area contributed by atoms with Crippen molar-refractivity contribution < 1.29 is 14.3 Å². The van der Waals surface area contributed by atoms with Crippen LogP contribution in [0.1, 0.15) is 24.2 Å². The van der Waals surface area contributed by atoms with Crippen LogP contribution < -0.4 is 17.0 Å². The highest BCUT2D eigenvalue weighted by atomic mass is 16.5. The summed E-state index contributed by atoms with van der Waals surface area (Å²) in [4.78, 5) is 56.4. The summed E-state index contributed by atoms with van der Waals surface area (Å²) in [6, 6.07) is 0. The fourth-order valence-electron chi connectivity index (χ4n) is 4.07. The van der Waals surface area contributed by atoms with Gasteiger partial charge in [-0.15, -0.1) is 0 Å². The van der Waals surface area contributed by atoms with E-state index in [1.807, 2.05) is 23.6 Å². The molecule has 3 rings (SSSR count). The van der Waals surface area contributed by atoms with Crippen LogP contribution in [0.5, 0.6) is 0 Å². The Morgan fingerprint density at radius 3 is 2.16 bits per heavy atom. The van der Waals surface area contributed by atoms with Gasteiger partial charge in [0.15, 0.2) is 5.78 Å². The van der Waals surface area contributed by atoms with Gasteiger partial charge in [0.25, 0.3) is 5.56 Å². The monoisotopic (exact) mass is 450 g/mol. The average Bonchev–Trinajstić information content (AvgIpc) is 2.76. The first kappa shape index (κ1) is 24.1. The van der Waals surface area contributed by atoms with E-state index in [1.165, 1.54) is 11.6 Å². The Labute approximate surface area is 187 Å².